The second-order valence-corrected chi connectivity index (χ2v) is 2.55. The molecule has 1 heterocycles. The monoisotopic (exact) mass is 142 g/mol. The quantitative estimate of drug-likeness (QED) is 0.566. The lowest BCUT2D eigenvalue weighted by Crippen LogP contribution is -2.28. The highest BCUT2D eigenvalue weighted by Crippen LogP contribution is 2.00. The summed E-state index contributed by atoms with van der Waals surface area (Å²) < 4.78 is 0. The van der Waals surface area contributed by atoms with Crippen LogP contribution in [0.3, 0.4) is 0 Å². The Morgan fingerprint density at radius 3 is 3.10 bits per heavy atom. The molecule has 1 saturated heterocycles. The van der Waals surface area contributed by atoms with Crippen molar-refractivity contribution in [2.24, 2.45) is 0 Å². The van der Waals surface area contributed by atoms with Crippen LogP contribution in [0, 0.1) is 6.67 Å². The number of nitrogens with one attached hydrogen (secondary N) is 1. The predicted octanol–water partition coefficient (Wildman–Crippen LogP) is -0.341. The number of β-amino-alcohol motifs (C(OH)–C–C–N with tert-alkyl or cyclic N) is 1. The first-order valence-electron chi connectivity index (χ1n) is 3.74. The third-order valence-electron chi connectivity index (χ3n) is 1.65. The van der Waals surface area contributed by atoms with Gasteiger partial charge >= 0.3 is 0 Å². The van der Waals surface area contributed by atoms with Gasteiger partial charge in [-0.2, -0.15) is 0 Å². The maximum Gasteiger partial charge on any atom is 0.143 e. The minimum Gasteiger partial charge on any atom is -0.392 e. The Bertz CT molecular complexity index is 91.6. The molecule has 0 aromatic heterocycles. The first kappa shape index (κ1) is 7.98. The highest BCUT2D eigenvalue weighted by atomic mass is 16.3. The van der Waals surface area contributed by atoms with Crippen LogP contribution in [0.4, 0.5) is 0 Å². The van der Waals surface area contributed by atoms with E-state index in [9.17, 15) is 5.11 Å². The van der Waals surface area contributed by atoms with Crippen molar-refractivity contribution in [3.05, 3.63) is 6.67 Å². The second-order valence-electron chi connectivity index (χ2n) is 2.55. The molecule has 3 heteroatoms. The van der Waals surface area contributed by atoms with Crippen LogP contribution in [0.5, 0.6) is 0 Å². The van der Waals surface area contributed by atoms with E-state index in [4.69, 9.17) is 0 Å². The summed E-state index contributed by atoms with van der Waals surface area (Å²) in [6.45, 7) is 7.56. The predicted molar refractivity (Wildman–Crippen MR) is 39.1 cm³/mol. The molecule has 0 saturated carbocycles. The van der Waals surface area contributed by atoms with Crippen molar-refractivity contribution in [3.63, 3.8) is 0 Å². The number of aliphatic hydroxyl groups excluding tert-OH is 1. The molecule has 2 radical (unpaired) electrons. The number of hydrogen-bond donors (Lipinski definition) is 2. The summed E-state index contributed by atoms with van der Waals surface area (Å²) in [6.07, 6.45) is 0.616. The maximum atomic E-state index is 9.21. The summed E-state index contributed by atoms with van der Waals surface area (Å²) in [5.74, 6) is 0. The molecule has 1 atom stereocenters. The van der Waals surface area contributed by atoms with Gasteiger partial charge in [0.05, 0.1) is 6.10 Å². The third-order valence-corrected chi connectivity index (χ3v) is 1.65. The minimum atomic E-state index is -0.201. The molecule has 3 nitrogen and oxygen atoms in total. The van der Waals surface area contributed by atoms with Crippen molar-refractivity contribution in [2.45, 2.75) is 19.4 Å². The van der Waals surface area contributed by atoms with Gasteiger partial charge < -0.3 is 5.11 Å². The fourth-order valence-corrected chi connectivity index (χ4v) is 0.935. The van der Waals surface area contributed by atoms with Gasteiger partial charge in [-0.1, -0.05) is 6.92 Å². The highest BCUT2D eigenvalue weighted by molar-refractivity contribution is 4.77. The number of nitrogens with zero attached hydrogens (tertiary/aromatic N) is 1. The molecule has 1 aliphatic rings. The van der Waals surface area contributed by atoms with Gasteiger partial charge in [0.2, 0.25) is 0 Å². The maximum absolute atomic E-state index is 9.21. The molecule has 0 amide bonds. The molecule has 10 heavy (non-hydrogen) atoms. The number of aliphatic hydroxyl groups is 1. The summed E-state index contributed by atoms with van der Waals surface area (Å²) in [7, 11) is 0. The van der Waals surface area contributed by atoms with E-state index in [0.717, 1.165) is 19.5 Å². The molecule has 0 bridgehead atoms. The number of rotatable bonds is 3. The van der Waals surface area contributed by atoms with Crippen LogP contribution >= 0.6 is 0 Å². The fraction of sp³-hybridized carbons (Fsp3) is 0.857. The topological polar surface area (TPSA) is 35.5 Å². The zero-order chi connectivity index (χ0) is 7.40. The van der Waals surface area contributed by atoms with Gasteiger partial charge in [0, 0.05) is 19.6 Å². The van der Waals surface area contributed by atoms with E-state index < -0.39 is 0 Å². The van der Waals surface area contributed by atoms with E-state index in [1.807, 2.05) is 11.8 Å². The fourth-order valence-electron chi connectivity index (χ4n) is 0.935. The van der Waals surface area contributed by atoms with E-state index in [1.165, 1.54) is 0 Å². The first-order chi connectivity index (χ1) is 4.83. The molecular formula is C7H14N2O. The lowest BCUT2D eigenvalue weighted by Gasteiger charge is -2.15. The van der Waals surface area contributed by atoms with Crippen molar-refractivity contribution in [3.8, 4) is 0 Å². The molecule has 0 spiro atoms. The van der Waals surface area contributed by atoms with Crippen LogP contribution in [0.15, 0.2) is 0 Å². The van der Waals surface area contributed by atoms with Crippen molar-refractivity contribution in [1.29, 1.82) is 0 Å². The van der Waals surface area contributed by atoms with Crippen LogP contribution in [0.25, 0.3) is 0 Å². The number of hydrogen-bond acceptors (Lipinski definition) is 3. The Hall–Kier alpha value is -0.120. The molecule has 2 N–H and O–H groups in total. The first-order valence-corrected chi connectivity index (χ1v) is 3.74. The Morgan fingerprint density at radius 1 is 1.80 bits per heavy atom. The molecule has 1 fully saturated rings. The summed E-state index contributed by atoms with van der Waals surface area (Å²) >= 11 is 0. The SMILES string of the molecule is CCC(O)CN1[C]NCC1. The molecule has 0 aliphatic carbocycles. The smallest absolute Gasteiger partial charge is 0.143 e. The van der Waals surface area contributed by atoms with E-state index in [1.54, 1.807) is 0 Å². The van der Waals surface area contributed by atoms with Gasteiger partial charge in [0.25, 0.3) is 0 Å². The summed E-state index contributed by atoms with van der Waals surface area (Å²) in [4.78, 5) is 1.98. The third kappa shape index (κ3) is 2.25. The van der Waals surface area contributed by atoms with Gasteiger partial charge in [-0.25, -0.2) is 0 Å². The minimum absolute atomic E-state index is 0.201. The lowest BCUT2D eigenvalue weighted by atomic mass is 10.3. The average molecular weight is 142 g/mol. The Balaban J connectivity index is 2.11. The van der Waals surface area contributed by atoms with Crippen molar-refractivity contribution in [1.82, 2.24) is 10.2 Å². The second kappa shape index (κ2) is 3.91. The zero-order valence-electron chi connectivity index (χ0n) is 6.30. The summed E-state index contributed by atoms with van der Waals surface area (Å²) in [5.41, 5.74) is 0. The molecular weight excluding hydrogens is 128 g/mol. The zero-order valence-corrected chi connectivity index (χ0v) is 6.30. The van der Waals surface area contributed by atoms with E-state index in [2.05, 4.69) is 12.0 Å². The molecule has 0 aromatic rings. The van der Waals surface area contributed by atoms with Crippen LogP contribution < -0.4 is 5.32 Å². The van der Waals surface area contributed by atoms with E-state index >= 15 is 0 Å². The van der Waals surface area contributed by atoms with Crippen molar-refractivity contribution >= 4 is 0 Å². The van der Waals surface area contributed by atoms with Crippen molar-refractivity contribution in [2.75, 3.05) is 19.6 Å². The van der Waals surface area contributed by atoms with E-state index in [-0.39, 0.29) is 6.10 Å². The normalized spacial score (nSPS) is 23.4. The van der Waals surface area contributed by atoms with Gasteiger partial charge in [-0.05, 0) is 6.42 Å². The summed E-state index contributed by atoms with van der Waals surface area (Å²) in [5, 5.41) is 12.2. The van der Waals surface area contributed by atoms with Gasteiger partial charge in [-0.15, -0.1) is 0 Å². The Labute approximate surface area is 62.0 Å². The Morgan fingerprint density at radius 2 is 2.60 bits per heavy atom. The van der Waals surface area contributed by atoms with E-state index in [0.29, 0.717) is 6.54 Å². The summed E-state index contributed by atoms with van der Waals surface area (Å²) in [6, 6.07) is 0. The lowest BCUT2D eigenvalue weighted by molar-refractivity contribution is 0.130. The van der Waals surface area contributed by atoms with Crippen molar-refractivity contribution < 1.29 is 5.11 Å². The molecule has 0 aromatic carbocycles. The highest BCUT2D eigenvalue weighted by Gasteiger charge is 2.14. The molecule has 1 unspecified atom stereocenters. The molecule has 1 aliphatic heterocycles. The van der Waals surface area contributed by atoms with Crippen LogP contribution in [0.2, 0.25) is 0 Å². The molecule has 58 valence electrons. The largest absolute Gasteiger partial charge is 0.392 e. The average Bonchev–Trinajstić information content (AvgIpc) is 2.40. The van der Waals surface area contributed by atoms with Crippen LogP contribution in [-0.2, 0) is 0 Å². The van der Waals surface area contributed by atoms with Gasteiger partial charge in [0.15, 0.2) is 0 Å². The van der Waals surface area contributed by atoms with Crippen LogP contribution in [0.1, 0.15) is 13.3 Å². The standard InChI is InChI=1S/C7H14N2O/c1-2-7(10)5-9-4-3-8-6-9/h7-8,10H,2-5H2,1H3. The van der Waals surface area contributed by atoms with Crippen LogP contribution in [-0.4, -0.2) is 35.7 Å². The Kier molecular flexibility index (Phi) is 3.12. The molecule has 1 rings (SSSR count). The van der Waals surface area contributed by atoms with Gasteiger partial charge in [0.1, 0.15) is 6.67 Å². The van der Waals surface area contributed by atoms with Gasteiger partial charge in [-0.3, -0.25) is 10.2 Å².